The van der Waals surface area contributed by atoms with Crippen LogP contribution in [-0.4, -0.2) is 133 Å². The molecule has 17 heteroatoms. The minimum absolute atomic E-state index is 0.0261. The molecular formula is C58H68FN11O5. The lowest BCUT2D eigenvalue weighted by Crippen LogP contribution is -2.58. The zero-order chi connectivity index (χ0) is 51.5. The number of aromatic nitrogens is 4. The Morgan fingerprint density at radius 2 is 1.52 bits per heavy atom. The van der Waals surface area contributed by atoms with E-state index < -0.39 is 5.41 Å². The molecule has 1 spiro atoms. The van der Waals surface area contributed by atoms with Crippen LogP contribution < -0.4 is 15.5 Å². The second kappa shape index (κ2) is 20.1. The molecule has 2 N–H and O–H groups in total. The van der Waals surface area contributed by atoms with E-state index in [0.29, 0.717) is 101 Å². The van der Waals surface area contributed by atoms with Crippen molar-refractivity contribution < 1.29 is 28.4 Å². The van der Waals surface area contributed by atoms with Gasteiger partial charge in [0.15, 0.2) is 5.82 Å². The number of imidazole rings is 1. The van der Waals surface area contributed by atoms with E-state index in [9.17, 15) is 19.2 Å². The second-order valence-electron chi connectivity index (χ2n) is 22.6. The molecule has 3 aromatic heterocycles. The van der Waals surface area contributed by atoms with Crippen LogP contribution in [0.3, 0.4) is 0 Å². The molecular weight excluding hydrogens is 950 g/mol. The Morgan fingerprint density at radius 1 is 0.787 bits per heavy atom. The Morgan fingerprint density at radius 3 is 2.21 bits per heavy atom. The fourth-order valence-electron chi connectivity index (χ4n) is 13.5. The summed E-state index contributed by atoms with van der Waals surface area (Å²) in [6, 6.07) is 19.5. The molecule has 1 saturated carbocycles. The minimum Gasteiger partial charge on any atom is -0.342 e. The van der Waals surface area contributed by atoms with Gasteiger partial charge in [-0.15, -0.1) is 0 Å². The first-order chi connectivity index (χ1) is 36.4. The van der Waals surface area contributed by atoms with Crippen molar-refractivity contribution in [1.82, 2.24) is 44.4 Å². The normalized spacial score (nSPS) is 23.7. The maximum absolute atomic E-state index is 15.3. The van der Waals surface area contributed by atoms with Gasteiger partial charge in [-0.25, -0.2) is 19.2 Å². The number of carbonyl (C=O) groups excluding carboxylic acids is 5. The predicted octanol–water partition coefficient (Wildman–Crippen LogP) is 8.41. The number of pyridine rings is 2. The smallest absolute Gasteiger partial charge is 0.319 e. The van der Waals surface area contributed by atoms with Gasteiger partial charge in [0, 0.05) is 98.8 Å². The molecule has 6 fully saturated rings. The summed E-state index contributed by atoms with van der Waals surface area (Å²) in [5, 5.41) is 5.71. The minimum atomic E-state index is -0.746. The van der Waals surface area contributed by atoms with E-state index in [1.807, 2.05) is 37.5 Å². The van der Waals surface area contributed by atoms with E-state index in [4.69, 9.17) is 15.0 Å². The summed E-state index contributed by atoms with van der Waals surface area (Å²) >= 11 is 0. The van der Waals surface area contributed by atoms with Gasteiger partial charge in [-0.2, -0.15) is 0 Å². The predicted molar refractivity (Wildman–Crippen MR) is 283 cm³/mol. The number of carbonyl (C=O) groups is 5. The van der Waals surface area contributed by atoms with Crippen molar-refractivity contribution in [2.24, 2.45) is 5.92 Å². The van der Waals surface area contributed by atoms with Crippen LogP contribution in [0, 0.1) is 11.7 Å². The zero-order valence-electron chi connectivity index (χ0n) is 43.2. The lowest BCUT2D eigenvalue weighted by atomic mass is 9.73. The molecule has 5 aromatic rings. The number of halogens is 1. The van der Waals surface area contributed by atoms with E-state index in [0.717, 1.165) is 77.9 Å². The van der Waals surface area contributed by atoms with E-state index >= 15 is 9.18 Å². The number of nitrogens with zero attached hydrogens (tertiary/aromatic N) is 9. The van der Waals surface area contributed by atoms with Crippen LogP contribution in [0.2, 0.25) is 0 Å². The lowest BCUT2D eigenvalue weighted by molar-refractivity contribution is -0.140. The molecule has 5 saturated heterocycles. The number of hydrogen-bond acceptors (Lipinski definition) is 10. The molecule has 0 radical (unpaired) electrons. The Labute approximate surface area is 437 Å². The Hall–Kier alpha value is -6.75. The van der Waals surface area contributed by atoms with Crippen LogP contribution in [0.1, 0.15) is 132 Å². The average Bonchev–Trinajstić information content (AvgIpc) is 3.96. The van der Waals surface area contributed by atoms with Gasteiger partial charge in [-0.05, 0) is 139 Å². The fraction of sp³-hybridized carbons (Fsp3) is 0.517. The molecule has 16 nitrogen and oxygen atoms in total. The molecule has 75 heavy (non-hydrogen) atoms. The molecule has 0 bridgehead atoms. The van der Waals surface area contributed by atoms with Crippen molar-refractivity contribution in [3.63, 3.8) is 0 Å². The van der Waals surface area contributed by atoms with Crippen LogP contribution in [0.15, 0.2) is 73.2 Å². The maximum Gasteiger partial charge on any atom is 0.319 e. The van der Waals surface area contributed by atoms with Crippen LogP contribution in [-0.2, 0) is 24.6 Å². The first kappa shape index (κ1) is 49.1. The SMILES string of the molecule is CC(C)n1cnc2cc(-c3ccc4c(c3)N(C3CC(N5CCCCC5)C3)C(=O)C43CCN(C(=O)C4CCN(C(=O)N5CCC(c6ccc([C@H]7CCC(=O)NC7=O)cn6)CC5)CC4)CC3)nc(Nc3ccccc3F)c21. The maximum atomic E-state index is 15.3. The van der Waals surface area contributed by atoms with E-state index in [1.54, 1.807) is 30.7 Å². The third-order valence-corrected chi connectivity index (χ3v) is 18.0. The monoisotopic (exact) mass is 1020 g/mol. The number of anilines is 3. The summed E-state index contributed by atoms with van der Waals surface area (Å²) in [5.74, 6) is -0.440. The topological polar surface area (TPSA) is 169 Å². The van der Waals surface area contributed by atoms with Crippen molar-refractivity contribution in [1.29, 1.82) is 0 Å². The van der Waals surface area contributed by atoms with Gasteiger partial charge in [0.2, 0.25) is 23.6 Å². The highest BCUT2D eigenvalue weighted by atomic mass is 19.1. The van der Waals surface area contributed by atoms with Gasteiger partial charge >= 0.3 is 6.03 Å². The number of amides is 6. The lowest BCUT2D eigenvalue weighted by Gasteiger charge is -2.48. The van der Waals surface area contributed by atoms with Crippen molar-refractivity contribution in [3.8, 4) is 11.3 Å². The Balaban J connectivity index is 0.712. The summed E-state index contributed by atoms with van der Waals surface area (Å²) in [6.07, 6.45) is 13.9. The van der Waals surface area contributed by atoms with Gasteiger partial charge in [-0.3, -0.25) is 29.5 Å². The van der Waals surface area contributed by atoms with Crippen molar-refractivity contribution >= 4 is 57.9 Å². The number of hydrogen-bond donors (Lipinski definition) is 2. The standard InChI is InChI=1S/C58H68FN11O5/c1-36(2)69-35-61-49-33-48(63-53(52(49)69)62-47-9-5-4-8-45(47)59)39-10-13-44-50(30-39)70(42-31-41(32-42)65-22-6-3-7-23-65)56(74)58(44)20-28-66(29-21-58)55(73)38-18-26-68(27-19-38)57(75)67-24-16-37(17-25-67)46-14-11-40(34-60-46)43-12-15-51(71)64-54(43)72/h4-5,8-11,13-14,30,33-38,41-43H,3,6-7,12,15-29,31-32H2,1-2H3,(H,62,63)(H,64,71,72)/t41?,42?,43-/m1/s1. The quantitative estimate of drug-likeness (QED) is 0.137. The highest BCUT2D eigenvalue weighted by Gasteiger charge is 2.56. The van der Waals surface area contributed by atoms with E-state index in [1.165, 1.54) is 25.3 Å². The van der Waals surface area contributed by atoms with Crippen LogP contribution >= 0.6 is 0 Å². The molecule has 6 amide bonds. The summed E-state index contributed by atoms with van der Waals surface area (Å²) < 4.78 is 17.2. The zero-order valence-corrected chi connectivity index (χ0v) is 43.2. The number of urea groups is 1. The Bertz CT molecular complexity index is 3010. The molecule has 12 rings (SSSR count). The van der Waals surface area contributed by atoms with Gasteiger partial charge in [0.1, 0.15) is 11.3 Å². The largest absolute Gasteiger partial charge is 0.342 e. The molecule has 1 atom stereocenters. The summed E-state index contributed by atoms with van der Waals surface area (Å²) in [6.45, 7) is 9.69. The first-order valence-corrected chi connectivity index (χ1v) is 27.7. The molecule has 6 aliphatic heterocycles. The van der Waals surface area contributed by atoms with Crippen molar-refractivity contribution in [3.05, 3.63) is 95.8 Å². The van der Waals surface area contributed by atoms with Crippen molar-refractivity contribution in [2.45, 2.75) is 133 Å². The van der Waals surface area contributed by atoms with Gasteiger partial charge in [0.05, 0.1) is 34.6 Å². The summed E-state index contributed by atoms with van der Waals surface area (Å²) in [4.78, 5) is 92.6. The van der Waals surface area contributed by atoms with Crippen molar-refractivity contribution in [2.75, 3.05) is 62.6 Å². The highest BCUT2D eigenvalue weighted by molar-refractivity contribution is 6.09. The van der Waals surface area contributed by atoms with Crippen LogP contribution in [0.4, 0.5) is 26.4 Å². The third-order valence-electron chi connectivity index (χ3n) is 18.0. The number of rotatable bonds is 9. The highest BCUT2D eigenvalue weighted by Crippen LogP contribution is 2.52. The fourth-order valence-corrected chi connectivity index (χ4v) is 13.5. The number of piperidine rings is 5. The number of likely N-dealkylation sites (tertiary alicyclic amines) is 4. The van der Waals surface area contributed by atoms with Gasteiger partial charge < -0.3 is 34.4 Å². The number of para-hydroxylation sites is 1. The van der Waals surface area contributed by atoms with E-state index in [-0.39, 0.29) is 65.3 Å². The number of imide groups is 1. The van der Waals surface area contributed by atoms with E-state index in [2.05, 4.69) is 52.5 Å². The average molecular weight is 1020 g/mol. The molecule has 392 valence electrons. The second-order valence-corrected chi connectivity index (χ2v) is 22.6. The molecule has 9 heterocycles. The van der Waals surface area contributed by atoms with Gasteiger partial charge in [0.25, 0.3) is 0 Å². The van der Waals surface area contributed by atoms with Crippen LogP contribution in [0.25, 0.3) is 22.3 Å². The molecule has 0 unspecified atom stereocenters. The summed E-state index contributed by atoms with van der Waals surface area (Å²) in [5.41, 5.74) is 6.35. The number of fused-ring (bicyclic) bond motifs is 3. The summed E-state index contributed by atoms with van der Waals surface area (Å²) in [7, 11) is 0. The third kappa shape index (κ3) is 9.11. The van der Waals surface area contributed by atoms with Crippen LogP contribution in [0.5, 0.6) is 0 Å². The number of benzene rings is 2. The Kier molecular flexibility index (Phi) is 13.2. The first-order valence-electron chi connectivity index (χ1n) is 27.7. The molecule has 2 aromatic carbocycles. The van der Waals surface area contributed by atoms with Gasteiger partial charge in [-0.1, -0.05) is 36.8 Å². The molecule has 7 aliphatic rings. The number of nitrogens with one attached hydrogen (secondary N) is 2. The molecule has 1 aliphatic carbocycles.